The Bertz CT molecular complexity index is 595. The topological polar surface area (TPSA) is 44.8 Å². The van der Waals surface area contributed by atoms with Crippen LogP contribution in [0, 0.1) is 7.14 Å². The van der Waals surface area contributed by atoms with E-state index in [2.05, 4.69) is 58.7 Å². The maximum absolute atomic E-state index is 12.8. The maximum atomic E-state index is 12.8. The zero-order valence-electron chi connectivity index (χ0n) is 13.8. The van der Waals surface area contributed by atoms with Crippen molar-refractivity contribution >= 4 is 51.2 Å². The fraction of sp³-hybridized carbons (Fsp3) is 0.500. The van der Waals surface area contributed by atoms with Gasteiger partial charge in [0.1, 0.15) is 30.1 Å². The predicted molar refractivity (Wildman–Crippen MR) is 110 cm³/mol. The van der Waals surface area contributed by atoms with Gasteiger partial charge in [0.05, 0.1) is 9.83 Å². The molecule has 2 rings (SSSR count). The van der Waals surface area contributed by atoms with E-state index < -0.39 is 0 Å². The number of hydrogen-bond acceptors (Lipinski definition) is 4. The summed E-state index contributed by atoms with van der Waals surface area (Å²) in [6, 6.07) is 3.81. The smallest absolute Gasteiger partial charge is 0.342 e. The van der Waals surface area contributed by atoms with Crippen molar-refractivity contribution in [3.05, 3.63) is 37.7 Å². The molecule has 0 amide bonds. The lowest BCUT2D eigenvalue weighted by atomic mass is 9.98. The van der Waals surface area contributed by atoms with Gasteiger partial charge in [-0.1, -0.05) is 13.5 Å². The Morgan fingerprint density at radius 1 is 1.29 bits per heavy atom. The zero-order valence-corrected chi connectivity index (χ0v) is 18.1. The molecule has 1 saturated carbocycles. The summed E-state index contributed by atoms with van der Waals surface area (Å²) in [5.74, 6) is 0.271. The van der Waals surface area contributed by atoms with E-state index in [1.807, 2.05) is 12.1 Å². The summed E-state index contributed by atoms with van der Waals surface area (Å²) < 4.78 is 18.7. The van der Waals surface area contributed by atoms with Gasteiger partial charge in [-0.15, -0.1) is 0 Å². The number of rotatable bonds is 8. The average Bonchev–Trinajstić information content (AvgIpc) is 3.01. The lowest BCUT2D eigenvalue weighted by molar-refractivity contribution is -0.0176. The van der Waals surface area contributed by atoms with Crippen LogP contribution in [-0.2, 0) is 9.47 Å². The molecule has 0 saturated heterocycles. The van der Waals surface area contributed by atoms with Crippen molar-refractivity contribution in [2.45, 2.75) is 44.6 Å². The molecule has 1 aliphatic rings. The second kappa shape index (κ2) is 9.26. The standard InChI is InChI=1S/C18H22I2O4/c1-3-18(7-5-6-8-18)24-17(21)14-11-13(19)12-15(20)16(14)23-10-9-22-4-2/h4,11-12H,2-3,5-10H2,1H3. The first-order valence-electron chi connectivity index (χ1n) is 8.09. The molecule has 1 aromatic carbocycles. The van der Waals surface area contributed by atoms with Crippen molar-refractivity contribution in [3.8, 4) is 5.75 Å². The van der Waals surface area contributed by atoms with E-state index >= 15 is 0 Å². The van der Waals surface area contributed by atoms with Crippen LogP contribution >= 0.6 is 45.2 Å². The Balaban J connectivity index is 2.20. The van der Waals surface area contributed by atoms with Gasteiger partial charge in [-0.25, -0.2) is 4.79 Å². The van der Waals surface area contributed by atoms with Crippen LogP contribution in [0.2, 0.25) is 0 Å². The van der Waals surface area contributed by atoms with Crippen LogP contribution in [0.15, 0.2) is 25.0 Å². The van der Waals surface area contributed by atoms with Crippen molar-refractivity contribution in [2.75, 3.05) is 13.2 Å². The van der Waals surface area contributed by atoms with E-state index in [1.165, 1.54) is 6.26 Å². The number of carbonyl (C=O) groups is 1. The molecule has 0 bridgehead atoms. The fourth-order valence-corrected chi connectivity index (χ4v) is 4.93. The van der Waals surface area contributed by atoms with Crippen LogP contribution in [0.1, 0.15) is 49.4 Å². The third-order valence-corrected chi connectivity index (χ3v) is 5.69. The molecule has 0 spiro atoms. The lowest BCUT2D eigenvalue weighted by Crippen LogP contribution is -2.31. The second-order valence-electron chi connectivity index (χ2n) is 5.78. The quantitative estimate of drug-likeness (QED) is 0.189. The number of ether oxygens (including phenoxy) is 3. The van der Waals surface area contributed by atoms with Crippen molar-refractivity contribution < 1.29 is 19.0 Å². The maximum Gasteiger partial charge on any atom is 0.342 e. The van der Waals surface area contributed by atoms with Crippen LogP contribution in [0.4, 0.5) is 0 Å². The molecule has 0 radical (unpaired) electrons. The van der Waals surface area contributed by atoms with Gasteiger partial charge in [0.25, 0.3) is 0 Å². The van der Waals surface area contributed by atoms with E-state index in [1.54, 1.807) is 0 Å². The highest BCUT2D eigenvalue weighted by atomic mass is 127. The minimum atomic E-state index is -0.312. The summed E-state index contributed by atoms with van der Waals surface area (Å²) in [6.07, 6.45) is 6.35. The molecule has 6 heteroatoms. The van der Waals surface area contributed by atoms with Gasteiger partial charge in [0.15, 0.2) is 0 Å². The normalized spacial score (nSPS) is 15.8. The van der Waals surface area contributed by atoms with Gasteiger partial charge in [0.2, 0.25) is 0 Å². The van der Waals surface area contributed by atoms with E-state index in [0.717, 1.165) is 39.2 Å². The van der Waals surface area contributed by atoms with Gasteiger partial charge in [-0.05, 0) is 89.4 Å². The molecule has 0 N–H and O–H groups in total. The first-order valence-corrected chi connectivity index (χ1v) is 10.2. The second-order valence-corrected chi connectivity index (χ2v) is 8.19. The molecule has 132 valence electrons. The van der Waals surface area contributed by atoms with Crippen LogP contribution in [0.5, 0.6) is 5.75 Å². The highest BCUT2D eigenvalue weighted by molar-refractivity contribution is 14.1. The number of hydrogen-bond donors (Lipinski definition) is 0. The summed E-state index contributed by atoms with van der Waals surface area (Å²) in [4.78, 5) is 12.8. The number of esters is 1. The van der Waals surface area contributed by atoms with E-state index in [9.17, 15) is 4.79 Å². The van der Waals surface area contributed by atoms with E-state index in [-0.39, 0.29) is 11.6 Å². The third-order valence-electron chi connectivity index (χ3n) is 4.26. The van der Waals surface area contributed by atoms with Crippen molar-refractivity contribution in [2.24, 2.45) is 0 Å². The van der Waals surface area contributed by atoms with Gasteiger partial charge >= 0.3 is 5.97 Å². The highest BCUT2D eigenvalue weighted by Crippen LogP contribution is 2.38. The zero-order chi connectivity index (χ0) is 17.6. The monoisotopic (exact) mass is 556 g/mol. The molecule has 0 aromatic heterocycles. The molecule has 0 aliphatic heterocycles. The SMILES string of the molecule is C=COCCOc1c(I)cc(I)cc1C(=O)OC1(CC)CCCC1. The average molecular weight is 556 g/mol. The summed E-state index contributed by atoms with van der Waals surface area (Å²) in [6.45, 7) is 6.32. The molecule has 1 aromatic rings. The molecular weight excluding hydrogens is 534 g/mol. The summed E-state index contributed by atoms with van der Waals surface area (Å²) in [5, 5.41) is 0. The predicted octanol–water partition coefficient (Wildman–Crippen LogP) is 5.31. The van der Waals surface area contributed by atoms with Crippen LogP contribution in [0.3, 0.4) is 0 Å². The van der Waals surface area contributed by atoms with Gasteiger partial charge in [-0.3, -0.25) is 0 Å². The lowest BCUT2D eigenvalue weighted by Gasteiger charge is -2.28. The van der Waals surface area contributed by atoms with Gasteiger partial charge in [0, 0.05) is 3.57 Å². The van der Waals surface area contributed by atoms with Gasteiger partial charge in [-0.2, -0.15) is 0 Å². The third kappa shape index (κ3) is 5.00. The molecule has 4 nitrogen and oxygen atoms in total. The van der Waals surface area contributed by atoms with Crippen LogP contribution in [-0.4, -0.2) is 24.8 Å². The van der Waals surface area contributed by atoms with Crippen molar-refractivity contribution in [1.82, 2.24) is 0 Å². The van der Waals surface area contributed by atoms with Crippen molar-refractivity contribution in [3.63, 3.8) is 0 Å². The first-order chi connectivity index (χ1) is 11.5. The summed E-state index contributed by atoms with van der Waals surface area (Å²) in [7, 11) is 0. The molecule has 1 aliphatic carbocycles. The molecule has 0 atom stereocenters. The minimum absolute atomic E-state index is 0.296. The number of benzene rings is 1. The molecule has 1 fully saturated rings. The fourth-order valence-electron chi connectivity index (χ4n) is 2.93. The van der Waals surface area contributed by atoms with Gasteiger partial charge < -0.3 is 14.2 Å². The Morgan fingerprint density at radius 3 is 2.62 bits per heavy atom. The number of halogens is 2. The number of carbonyl (C=O) groups excluding carboxylic acids is 1. The Hall–Kier alpha value is -0.510. The van der Waals surface area contributed by atoms with E-state index in [4.69, 9.17) is 14.2 Å². The first kappa shape index (κ1) is 19.8. The van der Waals surface area contributed by atoms with Crippen molar-refractivity contribution in [1.29, 1.82) is 0 Å². The minimum Gasteiger partial charge on any atom is -0.498 e. The Kier molecular flexibility index (Phi) is 7.64. The summed E-state index contributed by atoms with van der Waals surface area (Å²) in [5.41, 5.74) is 0.178. The van der Waals surface area contributed by atoms with Crippen LogP contribution in [0.25, 0.3) is 0 Å². The molecule has 0 heterocycles. The summed E-state index contributed by atoms with van der Waals surface area (Å²) >= 11 is 4.39. The van der Waals surface area contributed by atoms with E-state index in [0.29, 0.717) is 24.5 Å². The Labute approximate surface area is 170 Å². The molecular formula is C18H22I2O4. The van der Waals surface area contributed by atoms with Crippen LogP contribution < -0.4 is 4.74 Å². The Morgan fingerprint density at radius 2 is 2.00 bits per heavy atom. The largest absolute Gasteiger partial charge is 0.498 e. The molecule has 0 unspecified atom stereocenters. The molecule has 24 heavy (non-hydrogen) atoms. The highest BCUT2D eigenvalue weighted by Gasteiger charge is 2.37.